The highest BCUT2D eigenvalue weighted by Crippen LogP contribution is 2.46. The van der Waals surface area contributed by atoms with E-state index in [1.807, 2.05) is 18.2 Å². The standard InChI is InChI=1S/C23H17Cl3N2O3/c24-15-5-2-1-4-12(15)11-30-22-16(25)8-13(9-17(22)26)20-14(10-27)23(28)31-19-7-3-6-18(29)21(19)20/h1-2,4-5,8-9,20H,3,6-7,11,28H2/t20-/m1/s1. The van der Waals surface area contributed by atoms with Crippen molar-refractivity contribution in [2.45, 2.75) is 31.8 Å². The number of hydrogen-bond donors (Lipinski definition) is 1. The number of rotatable bonds is 4. The third-order valence-corrected chi connectivity index (χ3v) is 6.22. The third kappa shape index (κ3) is 4.12. The Morgan fingerprint density at radius 1 is 1.13 bits per heavy atom. The van der Waals surface area contributed by atoms with E-state index < -0.39 is 5.92 Å². The van der Waals surface area contributed by atoms with Crippen molar-refractivity contribution in [3.63, 3.8) is 0 Å². The van der Waals surface area contributed by atoms with Gasteiger partial charge >= 0.3 is 0 Å². The van der Waals surface area contributed by atoms with E-state index in [1.54, 1.807) is 18.2 Å². The highest BCUT2D eigenvalue weighted by atomic mass is 35.5. The molecule has 0 radical (unpaired) electrons. The maximum Gasteiger partial charge on any atom is 0.205 e. The lowest BCUT2D eigenvalue weighted by atomic mass is 9.77. The number of benzene rings is 2. The van der Waals surface area contributed by atoms with Gasteiger partial charge < -0.3 is 15.2 Å². The van der Waals surface area contributed by atoms with Gasteiger partial charge in [-0.15, -0.1) is 0 Å². The van der Waals surface area contributed by atoms with E-state index in [2.05, 4.69) is 6.07 Å². The van der Waals surface area contributed by atoms with Crippen molar-refractivity contribution in [3.8, 4) is 11.8 Å². The fraction of sp³-hybridized carbons (Fsp3) is 0.217. The number of hydrogen-bond acceptors (Lipinski definition) is 5. The van der Waals surface area contributed by atoms with Gasteiger partial charge in [-0.25, -0.2) is 0 Å². The van der Waals surface area contributed by atoms with Crippen LogP contribution in [0.25, 0.3) is 0 Å². The van der Waals surface area contributed by atoms with Gasteiger partial charge in [-0.1, -0.05) is 53.0 Å². The zero-order valence-electron chi connectivity index (χ0n) is 16.3. The first kappa shape index (κ1) is 21.6. The second kappa shape index (κ2) is 8.84. The summed E-state index contributed by atoms with van der Waals surface area (Å²) >= 11 is 19.2. The number of nitriles is 1. The summed E-state index contributed by atoms with van der Waals surface area (Å²) in [6.45, 7) is 0.180. The molecule has 5 nitrogen and oxygen atoms in total. The number of halogens is 3. The van der Waals surface area contributed by atoms with Crippen LogP contribution in [-0.4, -0.2) is 5.78 Å². The largest absolute Gasteiger partial charge is 0.486 e. The fourth-order valence-corrected chi connectivity index (χ4v) is 4.64. The molecule has 0 spiro atoms. The zero-order valence-corrected chi connectivity index (χ0v) is 18.5. The number of allylic oxidation sites excluding steroid dienone is 3. The van der Waals surface area contributed by atoms with Gasteiger partial charge in [0.05, 0.1) is 16.0 Å². The first-order valence-corrected chi connectivity index (χ1v) is 10.7. The van der Waals surface area contributed by atoms with Gasteiger partial charge in [-0.3, -0.25) is 4.79 Å². The molecular formula is C23H17Cl3N2O3. The maximum atomic E-state index is 12.7. The Labute approximate surface area is 194 Å². The quantitative estimate of drug-likeness (QED) is 0.582. The lowest BCUT2D eigenvalue weighted by Crippen LogP contribution is -2.27. The number of nitrogens with two attached hydrogens (primary N) is 1. The van der Waals surface area contributed by atoms with Crippen LogP contribution in [0.2, 0.25) is 15.1 Å². The van der Waals surface area contributed by atoms with Gasteiger partial charge in [-0.2, -0.15) is 5.26 Å². The van der Waals surface area contributed by atoms with E-state index >= 15 is 0 Å². The van der Waals surface area contributed by atoms with Crippen LogP contribution >= 0.6 is 34.8 Å². The first-order valence-electron chi connectivity index (χ1n) is 9.59. The maximum absolute atomic E-state index is 12.7. The Hall–Kier alpha value is -2.65. The van der Waals surface area contributed by atoms with Crippen molar-refractivity contribution < 1.29 is 14.3 Å². The molecule has 31 heavy (non-hydrogen) atoms. The molecule has 0 saturated carbocycles. The molecule has 1 aliphatic carbocycles. The normalized spacial score (nSPS) is 18.4. The van der Waals surface area contributed by atoms with E-state index in [-0.39, 0.29) is 33.9 Å². The van der Waals surface area contributed by atoms with Crippen LogP contribution in [0, 0.1) is 11.3 Å². The molecule has 158 valence electrons. The molecule has 2 N–H and O–H groups in total. The van der Waals surface area contributed by atoms with Gasteiger partial charge in [0.2, 0.25) is 5.88 Å². The van der Waals surface area contributed by atoms with E-state index in [0.29, 0.717) is 46.9 Å². The molecule has 2 aromatic carbocycles. The van der Waals surface area contributed by atoms with Gasteiger partial charge in [0.15, 0.2) is 11.5 Å². The Morgan fingerprint density at radius 2 is 1.84 bits per heavy atom. The summed E-state index contributed by atoms with van der Waals surface area (Å²) in [6, 6.07) is 12.7. The number of Topliss-reactive ketones (excluding diaryl/α,β-unsaturated/α-hetero) is 1. The third-order valence-electron chi connectivity index (χ3n) is 5.29. The molecule has 2 aliphatic rings. The van der Waals surface area contributed by atoms with Crippen LogP contribution in [0.5, 0.6) is 5.75 Å². The monoisotopic (exact) mass is 474 g/mol. The topological polar surface area (TPSA) is 85.3 Å². The molecule has 4 rings (SSSR count). The molecule has 1 atom stereocenters. The molecule has 1 aliphatic heterocycles. The van der Waals surface area contributed by atoms with Crippen molar-refractivity contribution in [3.05, 3.63) is 85.4 Å². The minimum Gasteiger partial charge on any atom is -0.486 e. The minimum atomic E-state index is -0.686. The SMILES string of the molecule is N#CC1=C(N)OC2=C(C(=O)CCC2)[C@@H]1c1cc(Cl)c(OCc2ccccc2Cl)c(Cl)c1. The first-order chi connectivity index (χ1) is 14.9. The molecule has 0 unspecified atom stereocenters. The van der Waals surface area contributed by atoms with E-state index in [4.69, 9.17) is 50.0 Å². The van der Waals surface area contributed by atoms with Crippen LogP contribution in [0.15, 0.2) is 59.2 Å². The molecule has 0 bridgehead atoms. The summed E-state index contributed by atoms with van der Waals surface area (Å²) in [5.41, 5.74) is 7.95. The number of ketones is 1. The molecule has 0 fully saturated rings. The summed E-state index contributed by atoms with van der Waals surface area (Å²) in [5, 5.41) is 10.8. The lowest BCUT2D eigenvalue weighted by Gasteiger charge is -2.31. The predicted octanol–water partition coefficient (Wildman–Crippen LogP) is 6.04. The Morgan fingerprint density at radius 3 is 2.52 bits per heavy atom. The van der Waals surface area contributed by atoms with Crippen LogP contribution < -0.4 is 10.5 Å². The van der Waals surface area contributed by atoms with Crippen molar-refractivity contribution in [2.75, 3.05) is 0 Å². The van der Waals surface area contributed by atoms with Gasteiger partial charge in [0.1, 0.15) is 24.0 Å². The van der Waals surface area contributed by atoms with E-state index in [9.17, 15) is 10.1 Å². The predicted molar refractivity (Wildman–Crippen MR) is 119 cm³/mol. The highest BCUT2D eigenvalue weighted by Gasteiger charge is 2.38. The van der Waals surface area contributed by atoms with Gasteiger partial charge in [-0.05, 0) is 30.2 Å². The number of nitrogens with zero attached hydrogens (tertiary/aromatic N) is 1. The molecule has 8 heteroatoms. The summed E-state index contributed by atoms with van der Waals surface area (Å²) in [4.78, 5) is 12.7. The van der Waals surface area contributed by atoms with Crippen LogP contribution in [-0.2, 0) is 16.1 Å². The molecule has 0 amide bonds. The number of carbonyl (C=O) groups excluding carboxylic acids is 1. The Kier molecular flexibility index (Phi) is 6.15. The van der Waals surface area contributed by atoms with Crippen molar-refractivity contribution in [1.29, 1.82) is 5.26 Å². The van der Waals surface area contributed by atoms with Gasteiger partial charge in [0.25, 0.3) is 0 Å². The number of ether oxygens (including phenoxy) is 2. The van der Waals surface area contributed by atoms with E-state index in [0.717, 1.165) is 5.56 Å². The van der Waals surface area contributed by atoms with Crippen LogP contribution in [0.1, 0.15) is 36.3 Å². The summed E-state index contributed by atoms with van der Waals surface area (Å²) in [7, 11) is 0. The second-order valence-electron chi connectivity index (χ2n) is 7.23. The van der Waals surface area contributed by atoms with Crippen molar-refractivity contribution in [1.82, 2.24) is 0 Å². The fourth-order valence-electron chi connectivity index (χ4n) is 3.84. The average molecular weight is 476 g/mol. The molecule has 1 heterocycles. The minimum absolute atomic E-state index is 0.00718. The molecular weight excluding hydrogens is 459 g/mol. The number of carbonyl (C=O) groups is 1. The van der Waals surface area contributed by atoms with Gasteiger partial charge in [0, 0.05) is 29.0 Å². The van der Waals surface area contributed by atoms with E-state index in [1.165, 1.54) is 0 Å². The van der Waals surface area contributed by atoms with Crippen LogP contribution in [0.4, 0.5) is 0 Å². The zero-order chi connectivity index (χ0) is 22.1. The highest BCUT2D eigenvalue weighted by molar-refractivity contribution is 6.37. The summed E-state index contributed by atoms with van der Waals surface area (Å²) < 4.78 is 11.4. The van der Waals surface area contributed by atoms with Crippen molar-refractivity contribution >= 4 is 40.6 Å². The molecule has 0 saturated heterocycles. The lowest BCUT2D eigenvalue weighted by molar-refractivity contribution is -0.116. The van der Waals surface area contributed by atoms with Crippen molar-refractivity contribution in [2.24, 2.45) is 5.73 Å². The summed E-state index contributed by atoms with van der Waals surface area (Å²) in [6.07, 6.45) is 1.64. The Bertz CT molecular complexity index is 1160. The smallest absolute Gasteiger partial charge is 0.205 e. The second-order valence-corrected chi connectivity index (χ2v) is 8.45. The average Bonchev–Trinajstić information content (AvgIpc) is 2.73. The molecule has 2 aromatic rings. The summed E-state index contributed by atoms with van der Waals surface area (Å²) in [5.74, 6) is 0.0296. The Balaban J connectivity index is 1.71. The molecule has 0 aromatic heterocycles. The van der Waals surface area contributed by atoms with Crippen LogP contribution in [0.3, 0.4) is 0 Å².